The molecule has 1 rings (SSSR count). The van der Waals surface area contributed by atoms with E-state index in [1.54, 1.807) is 13.8 Å². The zero-order valence-corrected chi connectivity index (χ0v) is 10.7. The van der Waals surface area contributed by atoms with Gasteiger partial charge in [0.2, 0.25) is 5.82 Å². The summed E-state index contributed by atoms with van der Waals surface area (Å²) in [7, 11) is 0. The van der Waals surface area contributed by atoms with Gasteiger partial charge in [-0.05, 0) is 26.0 Å². The molecule has 1 N–H and O–H groups in total. The molecule has 1 aromatic rings. The van der Waals surface area contributed by atoms with Gasteiger partial charge in [0, 0.05) is 24.2 Å². The van der Waals surface area contributed by atoms with Crippen molar-refractivity contribution in [1.82, 2.24) is 4.90 Å². The number of amides is 1. The van der Waals surface area contributed by atoms with Gasteiger partial charge in [0.05, 0.1) is 11.5 Å². The van der Waals surface area contributed by atoms with Gasteiger partial charge in [0.1, 0.15) is 0 Å². The first-order valence-electron chi connectivity index (χ1n) is 5.74. The fraction of sp³-hybridized carbons (Fsp3) is 0.417. The van der Waals surface area contributed by atoms with Crippen LogP contribution in [0.5, 0.6) is 0 Å². The molecule has 0 unspecified atom stereocenters. The molecule has 6 nitrogen and oxygen atoms in total. The third kappa shape index (κ3) is 3.47. The van der Waals surface area contributed by atoms with E-state index in [0.717, 1.165) is 12.1 Å². The maximum Gasteiger partial charge on any atom is 0.305 e. The van der Waals surface area contributed by atoms with Gasteiger partial charge < -0.3 is 10.0 Å². The molecular formula is C12H15FN2O4. The molecule has 0 saturated heterocycles. The largest absolute Gasteiger partial charge is 0.395 e. The SMILES string of the molecule is CC(C)N(CCO)C(=O)c1ccc(F)c([N+](=O)[O-])c1. The number of benzene rings is 1. The van der Waals surface area contributed by atoms with E-state index >= 15 is 0 Å². The number of hydrogen-bond acceptors (Lipinski definition) is 4. The molecule has 0 aromatic heterocycles. The van der Waals surface area contributed by atoms with Crippen molar-refractivity contribution in [2.75, 3.05) is 13.2 Å². The number of nitrogens with zero attached hydrogens (tertiary/aromatic N) is 2. The zero-order valence-electron chi connectivity index (χ0n) is 10.7. The Morgan fingerprint density at radius 1 is 1.53 bits per heavy atom. The van der Waals surface area contributed by atoms with Crippen molar-refractivity contribution in [2.45, 2.75) is 19.9 Å². The van der Waals surface area contributed by atoms with Crippen molar-refractivity contribution in [1.29, 1.82) is 0 Å². The number of nitro groups is 1. The Bertz CT molecular complexity index is 491. The average Bonchev–Trinajstić information content (AvgIpc) is 2.35. The summed E-state index contributed by atoms with van der Waals surface area (Å²) in [5.41, 5.74) is -0.714. The maximum absolute atomic E-state index is 13.2. The highest BCUT2D eigenvalue weighted by atomic mass is 19.1. The summed E-state index contributed by atoms with van der Waals surface area (Å²) in [6.45, 7) is 3.41. The number of carbonyl (C=O) groups is 1. The summed E-state index contributed by atoms with van der Waals surface area (Å²) < 4.78 is 13.2. The van der Waals surface area contributed by atoms with Crippen LogP contribution in [0, 0.1) is 15.9 Å². The summed E-state index contributed by atoms with van der Waals surface area (Å²) >= 11 is 0. The van der Waals surface area contributed by atoms with Crippen molar-refractivity contribution < 1.29 is 19.2 Å². The number of aliphatic hydroxyl groups is 1. The van der Waals surface area contributed by atoms with Gasteiger partial charge in [-0.3, -0.25) is 14.9 Å². The van der Waals surface area contributed by atoms with Gasteiger partial charge in [-0.25, -0.2) is 0 Å². The Labute approximate surface area is 109 Å². The topological polar surface area (TPSA) is 83.7 Å². The van der Waals surface area contributed by atoms with Gasteiger partial charge in [-0.15, -0.1) is 0 Å². The van der Waals surface area contributed by atoms with Gasteiger partial charge >= 0.3 is 5.69 Å². The van der Waals surface area contributed by atoms with Crippen LogP contribution in [-0.4, -0.2) is 40.0 Å². The third-order valence-electron chi connectivity index (χ3n) is 2.61. The normalized spacial score (nSPS) is 10.6. The van der Waals surface area contributed by atoms with E-state index in [0.29, 0.717) is 0 Å². The smallest absolute Gasteiger partial charge is 0.305 e. The zero-order chi connectivity index (χ0) is 14.6. The average molecular weight is 270 g/mol. The standard InChI is InChI=1S/C12H15FN2O4/c1-8(2)14(5-6-16)12(17)9-3-4-10(13)11(7-9)15(18)19/h3-4,7-8,16H,5-6H2,1-2H3. The third-order valence-corrected chi connectivity index (χ3v) is 2.61. The highest BCUT2D eigenvalue weighted by Gasteiger charge is 2.22. The predicted molar refractivity (Wildman–Crippen MR) is 66.3 cm³/mol. The molecule has 0 aliphatic rings. The second-order valence-electron chi connectivity index (χ2n) is 4.24. The lowest BCUT2D eigenvalue weighted by molar-refractivity contribution is -0.387. The molecule has 0 saturated carbocycles. The summed E-state index contributed by atoms with van der Waals surface area (Å²) in [4.78, 5) is 23.2. The van der Waals surface area contributed by atoms with Crippen LogP contribution in [0.15, 0.2) is 18.2 Å². The van der Waals surface area contributed by atoms with Gasteiger partial charge in [0.25, 0.3) is 5.91 Å². The molecule has 0 bridgehead atoms. The van der Waals surface area contributed by atoms with Gasteiger partial charge in [0.15, 0.2) is 0 Å². The van der Waals surface area contributed by atoms with E-state index in [2.05, 4.69) is 0 Å². The molecule has 0 aliphatic heterocycles. The molecule has 1 aromatic carbocycles. The molecule has 0 atom stereocenters. The first kappa shape index (κ1) is 15.0. The number of carbonyl (C=O) groups excluding carboxylic acids is 1. The number of rotatable bonds is 5. The maximum atomic E-state index is 13.2. The monoisotopic (exact) mass is 270 g/mol. The number of halogens is 1. The molecule has 0 spiro atoms. The molecule has 7 heteroatoms. The highest BCUT2D eigenvalue weighted by molar-refractivity contribution is 5.95. The number of hydrogen-bond donors (Lipinski definition) is 1. The van der Waals surface area contributed by atoms with E-state index in [1.165, 1.54) is 11.0 Å². The van der Waals surface area contributed by atoms with E-state index in [1.807, 2.05) is 0 Å². The second kappa shape index (κ2) is 6.24. The Balaban J connectivity index is 3.11. The van der Waals surface area contributed by atoms with Crippen LogP contribution in [0.1, 0.15) is 24.2 Å². The molecule has 1 amide bonds. The predicted octanol–water partition coefficient (Wildman–Crippen LogP) is 1.58. The summed E-state index contributed by atoms with van der Waals surface area (Å²) in [6.07, 6.45) is 0. The van der Waals surface area contributed by atoms with Crippen LogP contribution < -0.4 is 0 Å². The minimum absolute atomic E-state index is 0.0234. The summed E-state index contributed by atoms with van der Waals surface area (Å²) in [6, 6.07) is 2.81. The fourth-order valence-electron chi connectivity index (χ4n) is 1.65. The van der Waals surface area contributed by atoms with Crippen LogP contribution in [-0.2, 0) is 0 Å². The van der Waals surface area contributed by atoms with Crippen LogP contribution in [0.25, 0.3) is 0 Å². The van der Waals surface area contributed by atoms with E-state index in [-0.39, 0.29) is 24.8 Å². The quantitative estimate of drug-likeness (QED) is 0.650. The lowest BCUT2D eigenvalue weighted by Crippen LogP contribution is -2.39. The van der Waals surface area contributed by atoms with Crippen LogP contribution in [0.4, 0.5) is 10.1 Å². The molecule has 0 heterocycles. The van der Waals surface area contributed by atoms with Crippen LogP contribution >= 0.6 is 0 Å². The Morgan fingerprint density at radius 2 is 2.16 bits per heavy atom. The first-order chi connectivity index (χ1) is 8.88. The molecule has 0 aliphatic carbocycles. The second-order valence-corrected chi connectivity index (χ2v) is 4.24. The first-order valence-corrected chi connectivity index (χ1v) is 5.74. The molecule has 19 heavy (non-hydrogen) atoms. The molecule has 104 valence electrons. The molecule has 0 radical (unpaired) electrons. The molecule has 0 fully saturated rings. The minimum atomic E-state index is -0.986. The highest BCUT2D eigenvalue weighted by Crippen LogP contribution is 2.20. The number of aliphatic hydroxyl groups excluding tert-OH is 1. The summed E-state index contributed by atoms with van der Waals surface area (Å²) in [5.74, 6) is -1.47. The van der Waals surface area contributed by atoms with E-state index in [9.17, 15) is 19.3 Å². The van der Waals surface area contributed by atoms with Crippen molar-refractivity contribution >= 4 is 11.6 Å². The summed E-state index contributed by atoms with van der Waals surface area (Å²) in [5, 5.41) is 19.5. The van der Waals surface area contributed by atoms with Crippen molar-refractivity contribution in [3.8, 4) is 0 Å². The Morgan fingerprint density at radius 3 is 2.63 bits per heavy atom. The van der Waals surface area contributed by atoms with Gasteiger partial charge in [-0.1, -0.05) is 0 Å². The lowest BCUT2D eigenvalue weighted by atomic mass is 10.1. The minimum Gasteiger partial charge on any atom is -0.395 e. The lowest BCUT2D eigenvalue weighted by Gasteiger charge is -2.25. The Hall–Kier alpha value is -2.02. The molecular weight excluding hydrogens is 255 g/mol. The van der Waals surface area contributed by atoms with Crippen molar-refractivity contribution in [3.05, 3.63) is 39.7 Å². The Kier molecular flexibility index (Phi) is 4.94. The van der Waals surface area contributed by atoms with Crippen LogP contribution in [0.2, 0.25) is 0 Å². The van der Waals surface area contributed by atoms with Crippen molar-refractivity contribution in [3.63, 3.8) is 0 Å². The fourth-order valence-corrected chi connectivity index (χ4v) is 1.65. The van der Waals surface area contributed by atoms with E-state index in [4.69, 9.17) is 5.11 Å². The van der Waals surface area contributed by atoms with Crippen LogP contribution in [0.3, 0.4) is 0 Å². The van der Waals surface area contributed by atoms with E-state index < -0.39 is 22.3 Å². The number of nitro benzene ring substituents is 1. The van der Waals surface area contributed by atoms with Gasteiger partial charge in [-0.2, -0.15) is 4.39 Å². The van der Waals surface area contributed by atoms with Crippen molar-refractivity contribution in [2.24, 2.45) is 0 Å².